The number of fused-ring (bicyclic) bond motifs is 10. The summed E-state index contributed by atoms with van der Waals surface area (Å²) in [4.78, 5) is 3.28. The zero-order valence-electron chi connectivity index (χ0n) is 23.5. The molecule has 0 saturated heterocycles. The summed E-state index contributed by atoms with van der Waals surface area (Å²) in [5.41, 5.74) is 4.03. The highest BCUT2D eigenvalue weighted by Crippen LogP contribution is 2.35. The molecule has 1 aliphatic heterocycles. The van der Waals surface area contributed by atoms with Gasteiger partial charge >= 0.3 is 0 Å². The Kier molecular flexibility index (Phi) is 6.59. The minimum Gasteiger partial charge on any atom is -0.457 e. The number of nitrogens with one attached hydrogen (secondary N) is 1. The molecule has 6 bridgehead atoms. The number of H-pyrrole nitrogens is 1. The van der Waals surface area contributed by atoms with Gasteiger partial charge in [0, 0.05) is 34.8 Å². The molecule has 0 amide bonds. The van der Waals surface area contributed by atoms with Gasteiger partial charge in [0.25, 0.3) is 0 Å². The summed E-state index contributed by atoms with van der Waals surface area (Å²) in [5, 5.41) is 14.7. The zero-order chi connectivity index (χ0) is 28.7. The third-order valence-electron chi connectivity index (χ3n) is 7.89. The smallest absolute Gasteiger partial charge is 0.169 e. The Morgan fingerprint density at radius 1 is 1.00 bits per heavy atom. The number of aromatic amines is 1. The number of nitrogens with zero attached hydrogens (tertiary/aromatic N) is 5. The highest BCUT2D eigenvalue weighted by atomic mass is 19.1. The Morgan fingerprint density at radius 3 is 2.76 bits per heavy atom. The normalized spacial score (nSPS) is 17.1. The number of rotatable bonds is 1. The number of aromatic nitrogens is 6. The summed E-state index contributed by atoms with van der Waals surface area (Å²) in [7, 11) is 0. The Bertz CT molecular complexity index is 1860. The molecule has 1 unspecified atom stereocenters. The van der Waals surface area contributed by atoms with Gasteiger partial charge in [-0.2, -0.15) is 5.10 Å². The van der Waals surface area contributed by atoms with Gasteiger partial charge in [-0.25, -0.2) is 9.07 Å². The molecule has 212 valence electrons. The quantitative estimate of drug-likeness (QED) is 0.228. The van der Waals surface area contributed by atoms with E-state index in [4.69, 9.17) is 14.6 Å². The second-order valence-electron chi connectivity index (χ2n) is 11.1. The molecular weight excluding hydrogens is 531 g/mol. The maximum absolute atomic E-state index is 15.5. The van der Waals surface area contributed by atoms with Gasteiger partial charge < -0.3 is 14.5 Å². The van der Waals surface area contributed by atoms with Crippen molar-refractivity contribution < 1.29 is 13.9 Å². The summed E-state index contributed by atoms with van der Waals surface area (Å²) in [6.07, 6.45) is 6.80. The van der Waals surface area contributed by atoms with Crippen LogP contribution in [-0.4, -0.2) is 36.4 Å². The molecule has 1 N–H and O–H groups in total. The molecule has 7 rings (SSSR count). The maximum Gasteiger partial charge on any atom is 0.169 e. The van der Waals surface area contributed by atoms with Crippen LogP contribution in [0.15, 0.2) is 91.4 Å². The molecule has 1 atom stereocenters. The van der Waals surface area contributed by atoms with Crippen LogP contribution in [0, 0.1) is 5.82 Å². The maximum atomic E-state index is 15.5. The van der Waals surface area contributed by atoms with E-state index in [2.05, 4.69) is 27.4 Å². The fraction of sp³-hybridized carbons (Fsp3) is 0.242. The second kappa shape index (κ2) is 10.6. The van der Waals surface area contributed by atoms with Gasteiger partial charge in [0.1, 0.15) is 28.5 Å². The van der Waals surface area contributed by atoms with Gasteiger partial charge in [-0.15, -0.1) is 5.10 Å². The zero-order valence-corrected chi connectivity index (χ0v) is 23.5. The largest absolute Gasteiger partial charge is 0.457 e. The van der Waals surface area contributed by atoms with Crippen molar-refractivity contribution in [3.63, 3.8) is 0 Å². The minimum atomic E-state index is -0.646. The van der Waals surface area contributed by atoms with Crippen molar-refractivity contribution in [3.8, 4) is 22.8 Å². The molecule has 0 aliphatic carbocycles. The monoisotopic (exact) mass is 562 g/mol. The average Bonchev–Trinajstić information content (AvgIpc) is 3.75. The fourth-order valence-corrected chi connectivity index (χ4v) is 5.61. The molecule has 0 radical (unpaired) electrons. The Hall–Kier alpha value is -4.76. The molecule has 0 saturated carbocycles. The van der Waals surface area contributed by atoms with Gasteiger partial charge in [0.15, 0.2) is 5.82 Å². The number of ether oxygens (including phenoxy) is 2. The van der Waals surface area contributed by atoms with Crippen LogP contribution in [0.5, 0.6) is 11.5 Å². The van der Waals surface area contributed by atoms with Crippen LogP contribution in [0.2, 0.25) is 0 Å². The first-order chi connectivity index (χ1) is 20.4. The lowest BCUT2D eigenvalue weighted by Gasteiger charge is -2.24. The van der Waals surface area contributed by atoms with Gasteiger partial charge in [0.2, 0.25) is 0 Å². The Morgan fingerprint density at radius 2 is 1.88 bits per heavy atom. The fourth-order valence-electron chi connectivity index (χ4n) is 5.61. The number of benzene rings is 3. The van der Waals surface area contributed by atoms with Gasteiger partial charge in [-0.3, -0.25) is 4.68 Å². The van der Waals surface area contributed by atoms with Crippen molar-refractivity contribution in [1.82, 2.24) is 29.8 Å². The van der Waals surface area contributed by atoms with E-state index in [0.717, 1.165) is 40.6 Å². The van der Waals surface area contributed by atoms with Gasteiger partial charge in [-0.1, -0.05) is 47.7 Å². The van der Waals surface area contributed by atoms with Crippen LogP contribution in [0.4, 0.5) is 4.39 Å². The van der Waals surface area contributed by atoms with E-state index in [9.17, 15) is 0 Å². The summed E-state index contributed by atoms with van der Waals surface area (Å²) >= 11 is 0. The average molecular weight is 563 g/mol. The van der Waals surface area contributed by atoms with Crippen molar-refractivity contribution in [2.24, 2.45) is 0 Å². The number of hydrogen-bond donors (Lipinski definition) is 1. The third-order valence-corrected chi connectivity index (χ3v) is 7.89. The van der Waals surface area contributed by atoms with Gasteiger partial charge in [0.05, 0.1) is 25.0 Å². The van der Waals surface area contributed by atoms with Crippen LogP contribution < -0.4 is 4.74 Å². The van der Waals surface area contributed by atoms with Crippen LogP contribution >= 0.6 is 0 Å². The summed E-state index contributed by atoms with van der Waals surface area (Å²) in [5.74, 6) is 0.887. The third kappa shape index (κ3) is 4.96. The van der Waals surface area contributed by atoms with Crippen molar-refractivity contribution in [1.29, 1.82) is 0 Å². The summed E-state index contributed by atoms with van der Waals surface area (Å²) in [6, 6.07) is 23.3. The molecule has 3 aromatic heterocycles. The molecule has 0 fully saturated rings. The van der Waals surface area contributed by atoms with E-state index >= 15 is 4.39 Å². The van der Waals surface area contributed by atoms with E-state index in [1.165, 1.54) is 6.20 Å². The molecule has 6 aromatic rings. The second-order valence-corrected chi connectivity index (χ2v) is 11.1. The molecule has 42 heavy (non-hydrogen) atoms. The molecule has 9 heteroatoms. The van der Waals surface area contributed by atoms with E-state index in [-0.39, 0.29) is 17.6 Å². The van der Waals surface area contributed by atoms with Gasteiger partial charge in [-0.05, 0) is 62.6 Å². The lowest BCUT2D eigenvalue weighted by molar-refractivity contribution is -0.0272. The molecule has 4 heterocycles. The first-order valence-corrected chi connectivity index (χ1v) is 14.2. The highest BCUT2D eigenvalue weighted by molar-refractivity contribution is 5.85. The van der Waals surface area contributed by atoms with E-state index in [1.54, 1.807) is 4.68 Å². The van der Waals surface area contributed by atoms with Crippen molar-refractivity contribution in [2.75, 3.05) is 6.61 Å². The Balaban J connectivity index is 1.34. The van der Waals surface area contributed by atoms with Crippen LogP contribution in [0.25, 0.3) is 22.2 Å². The molecule has 3 aromatic carbocycles. The topological polar surface area (TPSA) is 82.8 Å². The van der Waals surface area contributed by atoms with Crippen molar-refractivity contribution in [3.05, 3.63) is 114 Å². The standard InChI is InChI=1S/C33H31FN6O2/c1-33(2)31-21-39(38-36-31)19-26-25-15-16-35-28(25)13-14-30(26)42-24-11-6-10-23(18-24)32-27(34)20-40(37-32)29(12-7-17-41-33)22-8-4-3-5-9-22/h3-6,8-11,13-16,18,20-21,29,35H,7,12,17,19H2,1-2H3. The predicted octanol–water partition coefficient (Wildman–Crippen LogP) is 7.24. The van der Waals surface area contributed by atoms with E-state index in [0.29, 0.717) is 30.2 Å². The van der Waals surface area contributed by atoms with Crippen LogP contribution in [-0.2, 0) is 16.9 Å². The highest BCUT2D eigenvalue weighted by Gasteiger charge is 2.26. The first kappa shape index (κ1) is 26.2. The molecule has 0 spiro atoms. The summed E-state index contributed by atoms with van der Waals surface area (Å²) < 4.78 is 31.8. The molecular formula is C33H31FN6O2. The first-order valence-electron chi connectivity index (χ1n) is 14.2. The predicted molar refractivity (Wildman–Crippen MR) is 158 cm³/mol. The lowest BCUT2D eigenvalue weighted by Crippen LogP contribution is -2.23. The number of hydrogen-bond acceptors (Lipinski definition) is 5. The van der Waals surface area contributed by atoms with E-state index < -0.39 is 5.60 Å². The number of halogens is 1. The minimum absolute atomic E-state index is 0.154. The van der Waals surface area contributed by atoms with Crippen molar-refractivity contribution in [2.45, 2.75) is 44.9 Å². The van der Waals surface area contributed by atoms with Crippen molar-refractivity contribution >= 4 is 10.9 Å². The van der Waals surface area contributed by atoms with Crippen LogP contribution in [0.1, 0.15) is 49.6 Å². The van der Waals surface area contributed by atoms with Crippen LogP contribution in [0.3, 0.4) is 0 Å². The molecule has 8 nitrogen and oxygen atoms in total. The SMILES string of the molecule is CC1(C)OCCCC(c2ccccc2)n2cc(F)c(n2)-c2cccc(c2)Oc2ccc3[nH]ccc3c2Cn2cc1nn2. The lowest BCUT2D eigenvalue weighted by atomic mass is 10.0. The Labute approximate surface area is 242 Å². The van der Waals surface area contributed by atoms with E-state index in [1.807, 2.05) is 91.6 Å². The molecule has 1 aliphatic rings. The summed E-state index contributed by atoms with van der Waals surface area (Å²) in [6.45, 7) is 4.96.